The molecule has 2 aromatic carbocycles. The van der Waals surface area contributed by atoms with Gasteiger partial charge in [0.25, 0.3) is 11.8 Å². The monoisotopic (exact) mass is 487 g/mol. The number of methoxy groups -OCH3 is 1. The number of nitrogens with zero attached hydrogens (tertiary/aromatic N) is 4. The molecule has 186 valence electrons. The molecule has 0 atom stereocenters. The lowest BCUT2D eigenvalue weighted by Gasteiger charge is -2.34. The predicted octanol–water partition coefficient (Wildman–Crippen LogP) is 3.87. The molecule has 1 aliphatic rings. The second kappa shape index (κ2) is 10.2. The Balaban J connectivity index is 1.28. The third-order valence-electron chi connectivity index (χ3n) is 6.51. The third kappa shape index (κ3) is 4.70. The van der Waals surface area contributed by atoms with Crippen LogP contribution < -0.4 is 10.1 Å². The summed E-state index contributed by atoms with van der Waals surface area (Å²) in [4.78, 5) is 34.4. The van der Waals surface area contributed by atoms with Gasteiger partial charge in [0.1, 0.15) is 11.6 Å². The minimum Gasteiger partial charge on any atom is -0.496 e. The summed E-state index contributed by atoms with van der Waals surface area (Å²) in [6.45, 7) is 6.39. The van der Waals surface area contributed by atoms with Crippen molar-refractivity contribution in [3.05, 3.63) is 78.0 Å². The molecular weight excluding hydrogens is 458 g/mol. The normalized spacial score (nSPS) is 14.2. The number of ether oxygens (including phenoxy) is 1. The van der Waals surface area contributed by atoms with Crippen LogP contribution in [0, 0.1) is 0 Å². The average Bonchev–Trinajstić information content (AvgIpc) is 3.56. The molecule has 2 aromatic heterocycles. The van der Waals surface area contributed by atoms with Crippen LogP contribution in [0.25, 0.3) is 11.0 Å². The van der Waals surface area contributed by atoms with Crippen molar-refractivity contribution in [1.82, 2.24) is 19.4 Å². The van der Waals surface area contributed by atoms with Crippen LogP contribution in [0.4, 0.5) is 5.69 Å². The minimum absolute atomic E-state index is 0.0665. The van der Waals surface area contributed by atoms with Crippen LogP contribution in [0.3, 0.4) is 0 Å². The van der Waals surface area contributed by atoms with Crippen LogP contribution in [0.15, 0.2) is 65.3 Å². The Morgan fingerprint density at radius 3 is 2.58 bits per heavy atom. The molecule has 0 bridgehead atoms. The number of fused-ring (bicyclic) bond motifs is 1. The molecule has 4 aromatic rings. The molecule has 1 N–H and O–H groups in total. The Morgan fingerprint density at radius 2 is 1.86 bits per heavy atom. The lowest BCUT2D eigenvalue weighted by Crippen LogP contribution is -2.48. The van der Waals surface area contributed by atoms with E-state index in [1.165, 1.54) is 6.26 Å². The molecular formula is C27H29N5O4. The summed E-state index contributed by atoms with van der Waals surface area (Å²) < 4.78 is 12.8. The fourth-order valence-corrected chi connectivity index (χ4v) is 4.63. The summed E-state index contributed by atoms with van der Waals surface area (Å²) in [6, 6.07) is 16.4. The second-order valence-corrected chi connectivity index (χ2v) is 8.68. The number of amides is 2. The van der Waals surface area contributed by atoms with E-state index in [1.54, 1.807) is 31.4 Å². The molecule has 0 radical (unpaired) electrons. The van der Waals surface area contributed by atoms with E-state index >= 15 is 0 Å². The Bertz CT molecular complexity index is 1370. The molecule has 36 heavy (non-hydrogen) atoms. The number of furan rings is 1. The number of rotatable bonds is 7. The highest BCUT2D eigenvalue weighted by Gasteiger charge is 2.25. The molecule has 9 heteroatoms. The van der Waals surface area contributed by atoms with Crippen molar-refractivity contribution < 1.29 is 18.7 Å². The number of carbonyl (C=O) groups is 2. The quantitative estimate of drug-likeness (QED) is 0.426. The number of aromatic nitrogens is 2. The zero-order valence-corrected chi connectivity index (χ0v) is 20.4. The van der Waals surface area contributed by atoms with Gasteiger partial charge in [0.2, 0.25) is 0 Å². The van der Waals surface area contributed by atoms with Gasteiger partial charge in [-0.2, -0.15) is 0 Å². The van der Waals surface area contributed by atoms with E-state index in [1.807, 2.05) is 35.2 Å². The average molecular weight is 488 g/mol. The van der Waals surface area contributed by atoms with Crippen LogP contribution in [0.2, 0.25) is 0 Å². The molecule has 0 aliphatic carbocycles. The fourth-order valence-electron chi connectivity index (χ4n) is 4.63. The molecule has 0 saturated carbocycles. The van der Waals surface area contributed by atoms with Crippen molar-refractivity contribution in [3.63, 3.8) is 0 Å². The molecule has 3 heterocycles. The highest BCUT2D eigenvalue weighted by Crippen LogP contribution is 2.24. The molecule has 0 spiro atoms. The molecule has 0 unspecified atom stereocenters. The number of piperazine rings is 1. The van der Waals surface area contributed by atoms with Crippen molar-refractivity contribution in [2.75, 3.05) is 38.6 Å². The molecule has 1 aliphatic heterocycles. The first-order chi connectivity index (χ1) is 17.6. The number of imidazole rings is 1. The van der Waals surface area contributed by atoms with Crippen molar-refractivity contribution in [3.8, 4) is 5.75 Å². The first-order valence-corrected chi connectivity index (χ1v) is 12.1. The lowest BCUT2D eigenvalue weighted by molar-refractivity contribution is 0.0593. The van der Waals surface area contributed by atoms with Gasteiger partial charge in [0.15, 0.2) is 5.76 Å². The molecule has 1 saturated heterocycles. The fraction of sp³-hybridized carbons (Fsp3) is 0.296. The first-order valence-electron chi connectivity index (χ1n) is 12.1. The van der Waals surface area contributed by atoms with E-state index in [2.05, 4.69) is 21.7 Å². The van der Waals surface area contributed by atoms with E-state index < -0.39 is 0 Å². The van der Waals surface area contributed by atoms with Gasteiger partial charge < -0.3 is 23.9 Å². The smallest absolute Gasteiger partial charge is 0.289 e. The van der Waals surface area contributed by atoms with Gasteiger partial charge >= 0.3 is 0 Å². The Labute approximate surface area is 209 Å². The van der Waals surface area contributed by atoms with Crippen LogP contribution >= 0.6 is 0 Å². The summed E-state index contributed by atoms with van der Waals surface area (Å²) in [7, 11) is 1.55. The van der Waals surface area contributed by atoms with Crippen molar-refractivity contribution in [1.29, 1.82) is 0 Å². The number of aryl methyl sites for hydroxylation is 1. The number of nitrogens with one attached hydrogen (secondary N) is 1. The summed E-state index contributed by atoms with van der Waals surface area (Å²) >= 11 is 0. The third-order valence-corrected chi connectivity index (χ3v) is 6.51. The number of benzene rings is 2. The predicted molar refractivity (Wildman–Crippen MR) is 136 cm³/mol. The number of anilines is 1. The number of carbonyl (C=O) groups excluding carboxylic acids is 2. The molecule has 1 fully saturated rings. The maximum absolute atomic E-state index is 12.8. The van der Waals surface area contributed by atoms with E-state index in [0.717, 1.165) is 36.5 Å². The van der Waals surface area contributed by atoms with Crippen molar-refractivity contribution in [2.24, 2.45) is 0 Å². The van der Waals surface area contributed by atoms with Crippen LogP contribution in [-0.2, 0) is 13.1 Å². The van der Waals surface area contributed by atoms with Gasteiger partial charge in [-0.05, 0) is 49.4 Å². The maximum Gasteiger partial charge on any atom is 0.289 e. The lowest BCUT2D eigenvalue weighted by atomic mass is 10.2. The van der Waals surface area contributed by atoms with Crippen LogP contribution in [0.1, 0.15) is 33.7 Å². The summed E-state index contributed by atoms with van der Waals surface area (Å²) in [5, 5.41) is 2.96. The summed E-state index contributed by atoms with van der Waals surface area (Å²) in [5.41, 5.74) is 3.01. The summed E-state index contributed by atoms with van der Waals surface area (Å²) in [6.07, 6.45) is 1.52. The zero-order chi connectivity index (χ0) is 25.1. The molecule has 2 amide bonds. The Morgan fingerprint density at radius 1 is 1.06 bits per heavy atom. The highest BCUT2D eigenvalue weighted by atomic mass is 16.5. The molecule has 5 rings (SSSR count). The number of para-hydroxylation sites is 1. The second-order valence-electron chi connectivity index (χ2n) is 8.68. The van der Waals surface area contributed by atoms with Crippen molar-refractivity contribution in [2.45, 2.75) is 20.0 Å². The van der Waals surface area contributed by atoms with Gasteiger partial charge in [-0.25, -0.2) is 4.98 Å². The largest absolute Gasteiger partial charge is 0.496 e. The number of hydrogen-bond acceptors (Lipinski definition) is 6. The van der Waals surface area contributed by atoms with Crippen molar-refractivity contribution >= 4 is 28.5 Å². The van der Waals surface area contributed by atoms with Gasteiger partial charge in [-0.3, -0.25) is 14.5 Å². The minimum atomic E-state index is -0.232. The van der Waals surface area contributed by atoms with E-state index in [0.29, 0.717) is 42.4 Å². The summed E-state index contributed by atoms with van der Waals surface area (Å²) in [5.74, 6) is 1.57. The van der Waals surface area contributed by atoms with E-state index in [9.17, 15) is 9.59 Å². The number of hydrogen-bond donors (Lipinski definition) is 1. The molecule has 9 nitrogen and oxygen atoms in total. The highest BCUT2D eigenvalue weighted by molar-refractivity contribution is 6.06. The first kappa shape index (κ1) is 23.6. The van der Waals surface area contributed by atoms with Crippen LogP contribution in [-0.4, -0.2) is 64.5 Å². The SMILES string of the molecule is CCn1c(CN2CCN(C(=O)c3ccco3)CC2)nc2cc(NC(=O)c3ccccc3OC)ccc21. The Kier molecular flexibility index (Phi) is 6.73. The Hall–Kier alpha value is -4.11. The maximum atomic E-state index is 12.8. The zero-order valence-electron chi connectivity index (χ0n) is 20.4. The van der Waals surface area contributed by atoms with E-state index in [-0.39, 0.29) is 11.8 Å². The van der Waals surface area contributed by atoms with Gasteiger partial charge in [0, 0.05) is 38.4 Å². The van der Waals surface area contributed by atoms with Gasteiger partial charge in [0.05, 0.1) is 36.5 Å². The topological polar surface area (TPSA) is 92.8 Å². The van der Waals surface area contributed by atoms with Gasteiger partial charge in [-0.15, -0.1) is 0 Å². The van der Waals surface area contributed by atoms with Crippen LogP contribution in [0.5, 0.6) is 5.75 Å². The van der Waals surface area contributed by atoms with Gasteiger partial charge in [-0.1, -0.05) is 12.1 Å². The van der Waals surface area contributed by atoms with E-state index in [4.69, 9.17) is 14.1 Å². The standard InChI is InChI=1S/C27H29N5O4/c1-3-32-22-11-10-19(28-26(33)20-7-4-5-8-23(20)35-2)17-21(22)29-25(32)18-30-12-14-31(15-13-30)27(34)24-9-6-16-36-24/h4-11,16-17H,3,12-15,18H2,1-2H3,(H,28,33).